The molecule has 1 saturated heterocycles. The van der Waals surface area contributed by atoms with Crippen LogP contribution in [0.3, 0.4) is 0 Å². The Labute approximate surface area is 191 Å². The maximum atomic E-state index is 13.6. The van der Waals surface area contributed by atoms with Crippen molar-refractivity contribution in [1.29, 1.82) is 0 Å². The maximum Gasteiger partial charge on any atom is 0.331 e. The molecule has 0 bridgehead atoms. The topological polar surface area (TPSA) is 90.0 Å². The van der Waals surface area contributed by atoms with Crippen molar-refractivity contribution in [3.8, 4) is 5.88 Å². The van der Waals surface area contributed by atoms with Crippen molar-refractivity contribution in [2.45, 2.75) is 51.7 Å². The summed E-state index contributed by atoms with van der Waals surface area (Å²) in [6, 6.07) is 3.30. The average Bonchev–Trinajstić information content (AvgIpc) is 3.56. The fourth-order valence-electron chi connectivity index (χ4n) is 3.76. The molecule has 2 atom stereocenters. The third-order valence-corrected chi connectivity index (χ3v) is 6.32. The van der Waals surface area contributed by atoms with Gasteiger partial charge in [-0.1, -0.05) is 13.8 Å². The minimum absolute atomic E-state index is 0.0753. The first kappa shape index (κ1) is 21.4. The molecule has 1 aromatic heterocycles. The second kappa shape index (κ2) is 10.5. The highest BCUT2D eigenvalue weighted by atomic mass is 19.1. The first-order chi connectivity index (χ1) is 16.1. The van der Waals surface area contributed by atoms with E-state index in [4.69, 9.17) is 17.0 Å². The highest BCUT2D eigenvalue weighted by molar-refractivity contribution is 5.97. The van der Waals surface area contributed by atoms with Gasteiger partial charge in [-0.25, -0.2) is 9.78 Å². The van der Waals surface area contributed by atoms with Gasteiger partial charge in [0.25, 0.3) is 5.91 Å². The molecule has 3 rings (SSSR count). The summed E-state index contributed by atoms with van der Waals surface area (Å²) in [5.74, 6) is -1.78. The van der Waals surface area contributed by atoms with Crippen LogP contribution >= 0.6 is 0 Å². The Morgan fingerprint density at radius 2 is 2.00 bits per heavy atom. The van der Waals surface area contributed by atoms with Crippen LogP contribution in [-0.2, 0) is 14.3 Å². The largest absolute Gasteiger partial charge is 0.476 e. The molecular weight excluding hydrogens is 417 g/mol. The van der Waals surface area contributed by atoms with E-state index in [1.807, 2.05) is 4.90 Å². The fraction of sp³-hybridized carbons (Fsp3) is 0.696. The van der Waals surface area contributed by atoms with E-state index < -0.39 is 30.0 Å². The van der Waals surface area contributed by atoms with Crippen molar-refractivity contribution in [1.82, 2.24) is 10.3 Å². The minimum Gasteiger partial charge on any atom is -0.476 e. The Bertz CT molecular complexity index is 888. The lowest BCUT2D eigenvalue weighted by atomic mass is 9.92. The lowest BCUT2D eigenvalue weighted by molar-refractivity contribution is -0.151. The number of amides is 1. The number of anilines is 1. The first-order valence-electron chi connectivity index (χ1n) is 12.2. The van der Waals surface area contributed by atoms with Crippen LogP contribution in [0, 0.1) is 11.8 Å². The van der Waals surface area contributed by atoms with Crippen LogP contribution in [0.25, 0.3) is 0 Å². The number of nitrogens with one attached hydrogen (secondary N) is 1. The molecule has 8 nitrogen and oxygen atoms in total. The number of hydrogen-bond acceptors (Lipinski definition) is 7. The van der Waals surface area contributed by atoms with Crippen molar-refractivity contribution in [2.24, 2.45) is 11.8 Å². The van der Waals surface area contributed by atoms with E-state index in [0.717, 1.165) is 0 Å². The molecule has 178 valence electrons. The molecular formula is C23H34FN3O5. The van der Waals surface area contributed by atoms with Crippen LogP contribution in [0.1, 0.15) is 53.3 Å². The Hall–Kier alpha value is -2.42. The van der Waals surface area contributed by atoms with Gasteiger partial charge in [0.05, 0.1) is 28.7 Å². The Morgan fingerprint density at radius 1 is 1.28 bits per heavy atom. The molecule has 32 heavy (non-hydrogen) atoms. The molecule has 2 fully saturated rings. The standard InChI is InChI=1S/C23H34FN3O5/c1-5-23(6-2,22(29)31-7-3)26-20(28)18-8-9-19(27-12-17(13-27)30-4)21(25-18)32-14-16-10-15(16)11-24/h8-9,15-17H,5-7,10-14H2,1-4H3,(H,26,28)/t15-,16-/m1/s1/i11D2. The Balaban J connectivity index is 1.79. The van der Waals surface area contributed by atoms with Gasteiger partial charge in [0, 0.05) is 20.2 Å². The molecule has 0 unspecified atom stereocenters. The van der Waals surface area contributed by atoms with Crippen molar-refractivity contribution in [3.63, 3.8) is 0 Å². The average molecular weight is 454 g/mol. The van der Waals surface area contributed by atoms with Gasteiger partial charge >= 0.3 is 5.97 Å². The predicted molar refractivity (Wildman–Crippen MR) is 118 cm³/mol. The molecule has 1 aromatic rings. The zero-order chi connectivity index (χ0) is 25.1. The zero-order valence-electron chi connectivity index (χ0n) is 21.2. The first-order valence-corrected chi connectivity index (χ1v) is 11.2. The van der Waals surface area contributed by atoms with E-state index in [1.165, 1.54) is 0 Å². The van der Waals surface area contributed by atoms with E-state index in [1.54, 1.807) is 40.0 Å². The summed E-state index contributed by atoms with van der Waals surface area (Å²) < 4.78 is 44.4. The van der Waals surface area contributed by atoms with Crippen LogP contribution < -0.4 is 15.0 Å². The summed E-state index contributed by atoms with van der Waals surface area (Å²) in [6.45, 7) is 4.15. The summed E-state index contributed by atoms with van der Waals surface area (Å²) in [5.41, 5.74) is -0.412. The van der Waals surface area contributed by atoms with Crippen LogP contribution in [0.2, 0.25) is 0 Å². The Morgan fingerprint density at radius 3 is 2.56 bits per heavy atom. The predicted octanol–water partition coefficient (Wildman–Crippen LogP) is 2.75. The van der Waals surface area contributed by atoms with Crippen LogP contribution in [0.15, 0.2) is 12.1 Å². The van der Waals surface area contributed by atoms with E-state index in [-0.39, 0.29) is 36.8 Å². The molecule has 1 amide bonds. The molecule has 2 aliphatic rings. The smallest absolute Gasteiger partial charge is 0.331 e. The van der Waals surface area contributed by atoms with Gasteiger partial charge in [0.1, 0.15) is 16.9 Å². The number of carbonyl (C=O) groups is 2. The van der Waals surface area contributed by atoms with E-state index >= 15 is 0 Å². The minimum atomic E-state index is -2.74. The van der Waals surface area contributed by atoms with Gasteiger partial charge < -0.3 is 24.4 Å². The highest BCUT2D eigenvalue weighted by Gasteiger charge is 2.40. The van der Waals surface area contributed by atoms with Crippen LogP contribution in [-0.4, -0.2) is 68.5 Å². The summed E-state index contributed by atoms with van der Waals surface area (Å²) in [7, 11) is 1.64. The van der Waals surface area contributed by atoms with E-state index in [2.05, 4.69) is 10.3 Å². The second-order valence-electron chi connectivity index (χ2n) is 8.27. The second-order valence-corrected chi connectivity index (χ2v) is 8.27. The van der Waals surface area contributed by atoms with Crippen molar-refractivity contribution >= 4 is 17.6 Å². The maximum absolute atomic E-state index is 13.6. The van der Waals surface area contributed by atoms with Gasteiger partial charge in [0.15, 0.2) is 0 Å². The number of pyridine rings is 1. The van der Waals surface area contributed by atoms with E-state index in [9.17, 15) is 14.0 Å². The molecule has 2 heterocycles. The van der Waals surface area contributed by atoms with Gasteiger partial charge in [-0.3, -0.25) is 9.18 Å². The monoisotopic (exact) mass is 453 g/mol. The number of carbonyl (C=O) groups excluding carboxylic acids is 2. The molecule has 1 aliphatic heterocycles. The number of ether oxygens (including phenoxy) is 3. The summed E-state index contributed by atoms with van der Waals surface area (Å²) >= 11 is 0. The molecule has 1 saturated carbocycles. The molecule has 0 radical (unpaired) electrons. The molecule has 0 spiro atoms. The Kier molecular flexibility index (Phi) is 7.01. The number of nitrogens with zero attached hydrogens (tertiary/aromatic N) is 2. The number of methoxy groups -OCH3 is 1. The lowest BCUT2D eigenvalue weighted by Gasteiger charge is -2.40. The molecule has 0 aromatic carbocycles. The van der Waals surface area contributed by atoms with E-state index in [0.29, 0.717) is 38.0 Å². The van der Waals surface area contributed by atoms with Crippen molar-refractivity contribution < 1.29 is 30.9 Å². The van der Waals surface area contributed by atoms with Crippen LogP contribution in [0.5, 0.6) is 5.88 Å². The van der Waals surface area contributed by atoms with Gasteiger partial charge in [-0.2, -0.15) is 0 Å². The SMILES string of the molecule is [2H]C([2H])(F)[C@H]1C[C@@H]1COc1nc(C(=O)NC(CC)(CC)C(=O)OCC)ccc1N1CC(OC)C1. The summed E-state index contributed by atoms with van der Waals surface area (Å²) in [6.07, 6.45) is 1.19. The third-order valence-electron chi connectivity index (χ3n) is 6.32. The van der Waals surface area contributed by atoms with Crippen molar-refractivity contribution in [2.75, 3.05) is 44.9 Å². The van der Waals surface area contributed by atoms with Gasteiger partial charge in [-0.15, -0.1) is 0 Å². The normalized spacial score (nSPS) is 21.8. The molecule has 1 N–H and O–H groups in total. The summed E-state index contributed by atoms with van der Waals surface area (Å²) in [4.78, 5) is 32.0. The third kappa shape index (κ3) is 5.14. The number of alkyl halides is 1. The number of esters is 1. The van der Waals surface area contributed by atoms with Crippen LogP contribution in [0.4, 0.5) is 10.1 Å². The number of halogens is 1. The molecule has 1 aliphatic carbocycles. The quantitative estimate of drug-likeness (QED) is 0.487. The van der Waals surface area contributed by atoms with Crippen molar-refractivity contribution in [3.05, 3.63) is 17.8 Å². The highest BCUT2D eigenvalue weighted by Crippen LogP contribution is 2.40. The number of aromatic nitrogens is 1. The summed E-state index contributed by atoms with van der Waals surface area (Å²) in [5, 5.41) is 2.79. The number of hydrogen-bond donors (Lipinski definition) is 1. The zero-order valence-corrected chi connectivity index (χ0v) is 19.2. The van der Waals surface area contributed by atoms with Gasteiger partial charge in [0.2, 0.25) is 5.88 Å². The fourth-order valence-corrected chi connectivity index (χ4v) is 3.76. The molecule has 9 heteroatoms. The van der Waals surface area contributed by atoms with Gasteiger partial charge in [-0.05, 0) is 50.2 Å². The number of rotatable bonds is 12. The lowest BCUT2D eigenvalue weighted by Crippen LogP contribution is -2.54.